The third kappa shape index (κ3) is 4.91. The zero-order valence-corrected chi connectivity index (χ0v) is 17.2. The molecule has 0 aliphatic carbocycles. The molecule has 0 radical (unpaired) electrons. The molecule has 1 atom stereocenters. The average molecular weight is 408 g/mol. The molecular formula is C20H29N3O4S. The van der Waals surface area contributed by atoms with Gasteiger partial charge in [-0.05, 0) is 43.4 Å². The minimum absolute atomic E-state index is 0.112. The molecule has 7 nitrogen and oxygen atoms in total. The maximum atomic E-state index is 12.6. The maximum Gasteiger partial charge on any atom is 0.227 e. The Morgan fingerprint density at radius 1 is 1.25 bits per heavy atom. The molecule has 8 heteroatoms. The number of nitrogens with zero attached hydrogens (tertiary/aromatic N) is 2. The molecule has 2 fully saturated rings. The number of benzene rings is 1. The normalized spacial score (nSPS) is 21.1. The summed E-state index contributed by atoms with van der Waals surface area (Å²) in [6.07, 6.45) is 3.43. The minimum atomic E-state index is -3.27. The lowest BCUT2D eigenvalue weighted by atomic mass is 9.98. The quantitative estimate of drug-likeness (QED) is 0.748. The van der Waals surface area contributed by atoms with Gasteiger partial charge in [-0.3, -0.25) is 9.59 Å². The molecule has 2 saturated heterocycles. The van der Waals surface area contributed by atoms with Gasteiger partial charge in [0.15, 0.2) is 0 Å². The number of rotatable bonds is 7. The van der Waals surface area contributed by atoms with E-state index in [9.17, 15) is 18.0 Å². The van der Waals surface area contributed by atoms with E-state index in [-0.39, 0.29) is 30.0 Å². The highest BCUT2D eigenvalue weighted by Gasteiger charge is 2.31. The summed E-state index contributed by atoms with van der Waals surface area (Å²) in [7, 11) is -3.27. The monoisotopic (exact) mass is 407 g/mol. The van der Waals surface area contributed by atoms with Crippen molar-refractivity contribution < 1.29 is 18.0 Å². The number of nitrogens with one attached hydrogen (secondary N) is 1. The smallest absolute Gasteiger partial charge is 0.227 e. The summed E-state index contributed by atoms with van der Waals surface area (Å²) in [5, 5.41) is 2.94. The van der Waals surface area contributed by atoms with Gasteiger partial charge in [-0.2, -0.15) is 0 Å². The molecule has 28 heavy (non-hydrogen) atoms. The van der Waals surface area contributed by atoms with Gasteiger partial charge in [0, 0.05) is 38.3 Å². The van der Waals surface area contributed by atoms with Crippen LogP contribution in [-0.2, 0) is 26.2 Å². The molecule has 1 aromatic rings. The first-order valence-electron chi connectivity index (χ1n) is 10.1. The van der Waals surface area contributed by atoms with E-state index in [2.05, 4.69) is 5.32 Å². The Bertz CT molecular complexity index is 824. The summed E-state index contributed by atoms with van der Waals surface area (Å²) in [5.41, 5.74) is 1.79. The van der Waals surface area contributed by atoms with E-state index in [1.165, 1.54) is 4.31 Å². The molecule has 2 aliphatic rings. The first kappa shape index (κ1) is 20.8. The topological polar surface area (TPSA) is 86.8 Å². The summed E-state index contributed by atoms with van der Waals surface area (Å²) in [5.74, 6) is -0.164. The minimum Gasteiger partial charge on any atom is -0.352 e. The Morgan fingerprint density at radius 3 is 2.79 bits per heavy atom. The predicted molar refractivity (Wildman–Crippen MR) is 108 cm³/mol. The highest BCUT2D eigenvalue weighted by molar-refractivity contribution is 7.89. The van der Waals surface area contributed by atoms with Gasteiger partial charge in [-0.1, -0.05) is 19.1 Å². The van der Waals surface area contributed by atoms with Gasteiger partial charge in [0.2, 0.25) is 21.8 Å². The molecule has 154 valence electrons. The molecular weight excluding hydrogens is 378 g/mol. The van der Waals surface area contributed by atoms with E-state index < -0.39 is 10.0 Å². The maximum absolute atomic E-state index is 12.6. The molecule has 0 bridgehead atoms. The summed E-state index contributed by atoms with van der Waals surface area (Å²) in [6, 6.07) is 7.65. The fourth-order valence-electron chi connectivity index (χ4n) is 3.89. The van der Waals surface area contributed by atoms with E-state index >= 15 is 0 Å². The lowest BCUT2D eigenvalue weighted by Crippen LogP contribution is -2.45. The third-order valence-electron chi connectivity index (χ3n) is 5.37. The molecule has 0 unspecified atom stereocenters. The number of hydrogen-bond donors (Lipinski definition) is 1. The fourth-order valence-corrected chi connectivity index (χ4v) is 5.47. The first-order valence-corrected chi connectivity index (χ1v) is 11.7. The van der Waals surface area contributed by atoms with Crippen LogP contribution in [0.3, 0.4) is 0 Å². The van der Waals surface area contributed by atoms with Crippen molar-refractivity contribution in [2.45, 2.75) is 45.6 Å². The Hall–Kier alpha value is -1.93. The summed E-state index contributed by atoms with van der Waals surface area (Å²) in [4.78, 5) is 26.3. The first-order chi connectivity index (χ1) is 13.4. The van der Waals surface area contributed by atoms with Crippen LogP contribution in [0.2, 0.25) is 0 Å². The van der Waals surface area contributed by atoms with Gasteiger partial charge >= 0.3 is 0 Å². The van der Waals surface area contributed by atoms with Crippen LogP contribution in [-0.4, -0.2) is 49.9 Å². The van der Waals surface area contributed by atoms with Gasteiger partial charge in [0.1, 0.15) is 0 Å². The van der Waals surface area contributed by atoms with Crippen LogP contribution in [0.25, 0.3) is 0 Å². The van der Waals surface area contributed by atoms with Crippen molar-refractivity contribution >= 4 is 27.5 Å². The number of hydrogen-bond acceptors (Lipinski definition) is 4. The second kappa shape index (κ2) is 9.05. The molecule has 2 heterocycles. The van der Waals surface area contributed by atoms with Crippen LogP contribution >= 0.6 is 0 Å². The van der Waals surface area contributed by atoms with Crippen LogP contribution in [0.1, 0.15) is 44.6 Å². The van der Waals surface area contributed by atoms with E-state index in [1.54, 1.807) is 4.90 Å². The number of carbonyl (C=O) groups is 2. The van der Waals surface area contributed by atoms with Gasteiger partial charge in [0.25, 0.3) is 0 Å². The SMILES string of the molecule is CCCS(=O)(=O)N1CCC[C@H](C(=O)NCc2cccc(N3CCCC3=O)c2)C1. The standard InChI is InChI=1S/C20H29N3O4S/c1-2-12-28(26,27)22-10-4-7-17(15-22)20(25)21-14-16-6-3-8-18(13-16)23-11-5-9-19(23)24/h3,6,8,13,17H,2,4-5,7,9-12,14-15H2,1H3,(H,21,25)/t17-/m0/s1. The van der Waals surface area contributed by atoms with Gasteiger partial charge < -0.3 is 10.2 Å². The second-order valence-corrected chi connectivity index (χ2v) is 9.64. The fraction of sp³-hybridized carbons (Fsp3) is 0.600. The van der Waals surface area contributed by atoms with Gasteiger partial charge in [-0.25, -0.2) is 12.7 Å². The molecule has 0 spiro atoms. The predicted octanol–water partition coefficient (Wildman–Crippen LogP) is 1.88. The van der Waals surface area contributed by atoms with Crippen molar-refractivity contribution in [2.24, 2.45) is 5.92 Å². The van der Waals surface area contributed by atoms with Gasteiger partial charge in [-0.15, -0.1) is 0 Å². The van der Waals surface area contributed by atoms with Crippen LogP contribution in [0.5, 0.6) is 0 Å². The molecule has 0 aromatic heterocycles. The Labute approximate surface area is 167 Å². The number of sulfonamides is 1. The number of anilines is 1. The lowest BCUT2D eigenvalue weighted by molar-refractivity contribution is -0.126. The molecule has 3 rings (SSSR count). The van der Waals surface area contributed by atoms with E-state index in [0.29, 0.717) is 38.8 Å². The largest absolute Gasteiger partial charge is 0.352 e. The van der Waals surface area contributed by atoms with Crippen LogP contribution in [0, 0.1) is 5.92 Å². The van der Waals surface area contributed by atoms with E-state index in [1.807, 2.05) is 31.2 Å². The molecule has 2 amide bonds. The molecule has 1 aromatic carbocycles. The summed E-state index contributed by atoms with van der Waals surface area (Å²) in [6.45, 7) is 3.70. The van der Waals surface area contributed by atoms with E-state index in [4.69, 9.17) is 0 Å². The van der Waals surface area contributed by atoms with Gasteiger partial charge in [0.05, 0.1) is 11.7 Å². The van der Waals surface area contributed by atoms with Crippen LogP contribution < -0.4 is 10.2 Å². The second-order valence-electron chi connectivity index (χ2n) is 7.55. The molecule has 1 N–H and O–H groups in total. The number of piperidine rings is 1. The van der Waals surface area contributed by atoms with E-state index in [0.717, 1.165) is 24.2 Å². The van der Waals surface area contributed by atoms with Crippen molar-refractivity contribution in [1.82, 2.24) is 9.62 Å². The van der Waals surface area contributed by atoms with Crippen LogP contribution in [0.15, 0.2) is 24.3 Å². The summed E-state index contributed by atoms with van der Waals surface area (Å²) >= 11 is 0. The Kier molecular flexibility index (Phi) is 6.72. The van der Waals surface area contributed by atoms with Crippen molar-refractivity contribution in [1.29, 1.82) is 0 Å². The number of amides is 2. The van der Waals surface area contributed by atoms with Crippen molar-refractivity contribution in [3.8, 4) is 0 Å². The molecule has 2 aliphatic heterocycles. The van der Waals surface area contributed by atoms with Crippen LogP contribution in [0.4, 0.5) is 5.69 Å². The van der Waals surface area contributed by atoms with Crippen molar-refractivity contribution in [2.75, 3.05) is 30.3 Å². The molecule has 0 saturated carbocycles. The third-order valence-corrected chi connectivity index (χ3v) is 7.42. The summed E-state index contributed by atoms with van der Waals surface area (Å²) < 4.78 is 26.0. The number of carbonyl (C=O) groups excluding carboxylic acids is 2. The average Bonchev–Trinajstić information content (AvgIpc) is 3.12. The zero-order chi connectivity index (χ0) is 20.1. The lowest BCUT2D eigenvalue weighted by Gasteiger charge is -2.31. The highest BCUT2D eigenvalue weighted by atomic mass is 32.2. The van der Waals surface area contributed by atoms with Crippen molar-refractivity contribution in [3.63, 3.8) is 0 Å². The highest BCUT2D eigenvalue weighted by Crippen LogP contribution is 2.23. The Balaban J connectivity index is 1.57. The zero-order valence-electron chi connectivity index (χ0n) is 16.4. The Morgan fingerprint density at radius 2 is 2.07 bits per heavy atom. The van der Waals surface area contributed by atoms with Crippen molar-refractivity contribution in [3.05, 3.63) is 29.8 Å².